The Balaban J connectivity index is 1.15. The number of aromatic nitrogens is 3. The Labute approximate surface area is 321 Å². The monoisotopic (exact) mass is 761 g/mol. The van der Waals surface area contributed by atoms with Crippen LogP contribution in [0.25, 0.3) is 0 Å². The van der Waals surface area contributed by atoms with Crippen molar-refractivity contribution < 1.29 is 33.7 Å². The number of benzene rings is 4. The van der Waals surface area contributed by atoms with E-state index in [2.05, 4.69) is 15.6 Å². The second kappa shape index (κ2) is 15.4. The number of aliphatic hydroxyl groups is 1. The molecule has 3 N–H and O–H groups in total. The average Bonchev–Trinajstić information content (AvgIpc) is 3.84. The first-order valence-electron chi connectivity index (χ1n) is 18.5. The lowest BCUT2D eigenvalue weighted by atomic mass is 9.82. The summed E-state index contributed by atoms with van der Waals surface area (Å²) in [6.45, 7) is 6.37. The molecule has 5 atom stereocenters. The highest BCUT2D eigenvalue weighted by Crippen LogP contribution is 2.60. The van der Waals surface area contributed by atoms with E-state index in [9.17, 15) is 14.7 Å². The van der Waals surface area contributed by atoms with Crippen LogP contribution in [-0.4, -0.2) is 72.0 Å². The van der Waals surface area contributed by atoms with Crippen molar-refractivity contribution in [1.29, 1.82) is 0 Å². The van der Waals surface area contributed by atoms with Gasteiger partial charge in [-0.15, -0.1) is 5.10 Å². The third-order valence-corrected chi connectivity index (χ3v) is 13.5. The molecule has 1 saturated heterocycles. The fourth-order valence-corrected chi connectivity index (χ4v) is 11.0. The molecule has 13 heteroatoms. The van der Waals surface area contributed by atoms with Crippen molar-refractivity contribution in [2.45, 2.75) is 62.7 Å². The fourth-order valence-electron chi connectivity index (χ4n) is 8.38. The number of hydrogen-bond donors (Lipinski definition) is 3. The molecule has 5 aromatic rings. The second-order valence-electron chi connectivity index (χ2n) is 14.9. The first-order valence-corrected chi connectivity index (χ1v) is 21.5. The zero-order valence-electron chi connectivity index (χ0n) is 31.7. The number of carbonyl (C=O) groups excluding carboxylic acids is 2. The number of nitrogens with one attached hydrogen (secondary N) is 1. The number of methoxy groups -OCH3 is 2. The van der Waals surface area contributed by atoms with Gasteiger partial charge in [0.15, 0.2) is 13.9 Å². The minimum Gasteiger partial charge on any atom is -0.497 e. The molecule has 1 fully saturated rings. The average molecular weight is 762 g/mol. The van der Waals surface area contributed by atoms with E-state index in [0.717, 1.165) is 11.1 Å². The van der Waals surface area contributed by atoms with Crippen molar-refractivity contribution in [1.82, 2.24) is 15.0 Å². The molecule has 3 heterocycles. The molecule has 12 nitrogen and oxygen atoms in total. The number of aliphatic hydroxyl groups excluding tert-OH is 1. The molecule has 0 bridgehead atoms. The summed E-state index contributed by atoms with van der Waals surface area (Å²) >= 11 is 0. The Bertz CT molecular complexity index is 2160. The summed E-state index contributed by atoms with van der Waals surface area (Å²) in [7, 11) is 0.244. The van der Waals surface area contributed by atoms with Gasteiger partial charge >= 0.3 is 0 Å². The number of carbonyl (C=O) groups is 2. The number of hydrogen-bond acceptors (Lipinski definition) is 9. The van der Waals surface area contributed by atoms with Gasteiger partial charge in [-0.1, -0.05) is 54.6 Å². The predicted octanol–water partition coefficient (Wildman–Crippen LogP) is 6.11. The summed E-state index contributed by atoms with van der Waals surface area (Å²) in [5.41, 5.74) is 3.26. The zero-order valence-corrected chi connectivity index (χ0v) is 32.7. The van der Waals surface area contributed by atoms with Gasteiger partial charge in [0.1, 0.15) is 11.5 Å². The summed E-state index contributed by atoms with van der Waals surface area (Å²) in [6.07, 6.45) is 1.86. The molecule has 0 aliphatic carbocycles. The van der Waals surface area contributed by atoms with E-state index < -0.39 is 20.0 Å². The third kappa shape index (κ3) is 7.28. The van der Waals surface area contributed by atoms with Crippen molar-refractivity contribution >= 4 is 31.5 Å². The Morgan fingerprint density at radius 3 is 2.40 bits per heavy atom. The van der Waals surface area contributed by atoms with E-state index in [1.807, 2.05) is 99.0 Å². The summed E-state index contributed by atoms with van der Waals surface area (Å²) in [5, 5.41) is 21.9. The SMILES string of the molecule is COc1ccc(C(=O)Nc2cccc(CN3C(=O)[C@@]4(O[C@@H](CCn5cc(C(CO)c6ccccc6)nn5)[C@H]([Si](C)(C)O)[C@H]4C)c4cc(OC)ccc43)c2)cc1. The Hall–Kier alpha value is -5.34. The van der Waals surface area contributed by atoms with Crippen molar-refractivity contribution in [2.24, 2.45) is 5.92 Å². The topological polar surface area (TPSA) is 148 Å². The van der Waals surface area contributed by atoms with Gasteiger partial charge in [-0.25, -0.2) is 0 Å². The smallest absolute Gasteiger partial charge is 0.264 e. The van der Waals surface area contributed by atoms with E-state index in [-0.39, 0.29) is 42.3 Å². The molecule has 2 aliphatic heterocycles. The normalized spacial score (nSPS) is 21.1. The molecule has 0 radical (unpaired) electrons. The molecule has 286 valence electrons. The van der Waals surface area contributed by atoms with Crippen LogP contribution < -0.4 is 19.7 Å². The van der Waals surface area contributed by atoms with Crippen molar-refractivity contribution in [3.05, 3.63) is 131 Å². The van der Waals surface area contributed by atoms with Gasteiger partial charge in [0.05, 0.1) is 50.8 Å². The Kier molecular flexibility index (Phi) is 10.6. The van der Waals surface area contributed by atoms with Crippen LogP contribution in [0.2, 0.25) is 18.6 Å². The second-order valence-corrected chi connectivity index (χ2v) is 18.8. The molecule has 2 amide bonds. The highest BCUT2D eigenvalue weighted by atomic mass is 28.4. The molecule has 0 saturated carbocycles. The summed E-state index contributed by atoms with van der Waals surface area (Å²) in [4.78, 5) is 41.6. The molecule has 55 heavy (non-hydrogen) atoms. The van der Waals surface area contributed by atoms with Crippen molar-refractivity contribution in [3.63, 3.8) is 0 Å². The van der Waals surface area contributed by atoms with Crippen LogP contribution in [0.4, 0.5) is 11.4 Å². The summed E-state index contributed by atoms with van der Waals surface area (Å²) in [6, 6.07) is 29.6. The van der Waals surface area contributed by atoms with Gasteiger partial charge in [-0.2, -0.15) is 0 Å². The highest BCUT2D eigenvalue weighted by molar-refractivity contribution is 6.71. The maximum Gasteiger partial charge on any atom is 0.264 e. The van der Waals surface area contributed by atoms with Crippen LogP contribution in [0, 0.1) is 5.92 Å². The molecule has 1 aromatic heterocycles. The minimum atomic E-state index is -2.92. The number of ether oxygens (including phenoxy) is 3. The standard InChI is InChI=1S/C42H47N5O7Si/c1-27-39(55(4,5)51)38(20-21-46-25-36(44-45-46)34(26-48)29-11-7-6-8-12-29)54-42(27)35-23-33(53-3)18-19-37(35)47(41(42)50)24-28-10-9-13-31(22-28)43-40(49)30-14-16-32(52-2)17-15-30/h6-19,22-23,25,27,34,38-39,48,51H,20-21,24,26H2,1-5H3,(H,43,49)/t27-,34?,38+,39-,42+/m1/s1. The minimum absolute atomic E-state index is 0.106. The van der Waals surface area contributed by atoms with E-state index >= 15 is 4.79 Å². The van der Waals surface area contributed by atoms with Crippen LogP contribution in [0.5, 0.6) is 11.5 Å². The Morgan fingerprint density at radius 1 is 0.982 bits per heavy atom. The lowest BCUT2D eigenvalue weighted by molar-refractivity contribution is -0.146. The molecule has 4 aromatic carbocycles. The zero-order chi connectivity index (χ0) is 38.9. The summed E-state index contributed by atoms with van der Waals surface area (Å²) < 4.78 is 19.6. The maximum atomic E-state index is 15.0. The largest absolute Gasteiger partial charge is 0.497 e. The van der Waals surface area contributed by atoms with Crippen molar-refractivity contribution in [3.8, 4) is 11.5 Å². The van der Waals surface area contributed by atoms with Gasteiger partial charge in [-0.3, -0.25) is 14.3 Å². The number of fused-ring (bicyclic) bond motifs is 2. The van der Waals surface area contributed by atoms with Gasteiger partial charge in [-0.05, 0) is 85.2 Å². The van der Waals surface area contributed by atoms with Crippen molar-refractivity contribution in [2.75, 3.05) is 31.0 Å². The van der Waals surface area contributed by atoms with Gasteiger partial charge in [0.2, 0.25) is 0 Å². The van der Waals surface area contributed by atoms with E-state index in [4.69, 9.17) is 14.2 Å². The molecule has 7 rings (SSSR count). The predicted molar refractivity (Wildman–Crippen MR) is 211 cm³/mol. The molecular formula is C42H47N5O7Si. The fraction of sp³-hybridized carbons (Fsp3) is 0.333. The van der Waals surface area contributed by atoms with Crippen LogP contribution >= 0.6 is 0 Å². The first kappa shape index (κ1) is 38.0. The number of nitrogens with zero attached hydrogens (tertiary/aromatic N) is 4. The van der Waals surface area contributed by atoms with E-state index in [1.165, 1.54) is 0 Å². The van der Waals surface area contributed by atoms with Gasteiger partial charge < -0.3 is 34.3 Å². The van der Waals surface area contributed by atoms with Crippen LogP contribution in [-0.2, 0) is 28.2 Å². The van der Waals surface area contributed by atoms with Gasteiger partial charge in [0, 0.05) is 41.0 Å². The Morgan fingerprint density at radius 2 is 1.71 bits per heavy atom. The molecule has 1 spiro atoms. The highest BCUT2D eigenvalue weighted by Gasteiger charge is 2.66. The van der Waals surface area contributed by atoms with Crippen LogP contribution in [0.1, 0.15) is 52.0 Å². The lowest BCUT2D eigenvalue weighted by Gasteiger charge is -2.32. The molecular weight excluding hydrogens is 715 g/mol. The quantitative estimate of drug-likeness (QED) is 0.121. The van der Waals surface area contributed by atoms with Crippen LogP contribution in [0.15, 0.2) is 103 Å². The number of rotatable bonds is 13. The van der Waals surface area contributed by atoms with E-state index in [1.54, 1.807) is 48.1 Å². The first-order chi connectivity index (χ1) is 26.5. The molecule has 2 aliphatic rings. The number of amides is 2. The molecule has 1 unspecified atom stereocenters. The lowest BCUT2D eigenvalue weighted by Crippen LogP contribution is -2.46. The maximum absolute atomic E-state index is 15.0. The van der Waals surface area contributed by atoms with Gasteiger partial charge in [0.25, 0.3) is 11.8 Å². The third-order valence-electron chi connectivity index (χ3n) is 11.0. The van der Waals surface area contributed by atoms with E-state index in [0.29, 0.717) is 52.7 Å². The number of aryl methyl sites for hydroxylation is 1. The van der Waals surface area contributed by atoms with Crippen LogP contribution in [0.3, 0.4) is 0 Å². The summed E-state index contributed by atoms with van der Waals surface area (Å²) in [5.74, 6) is 0.105. The number of anilines is 2.